The molecule has 1 aliphatic carbocycles. The molecule has 0 aromatic heterocycles. The number of hydrogen-bond donors (Lipinski definition) is 1. The summed E-state index contributed by atoms with van der Waals surface area (Å²) < 4.78 is 5.17. The van der Waals surface area contributed by atoms with E-state index in [2.05, 4.69) is 17.5 Å². The minimum atomic E-state index is -0.376. The van der Waals surface area contributed by atoms with Gasteiger partial charge >= 0.3 is 5.97 Å². The molecular formula is C15H15Cl2NO2. The Labute approximate surface area is 127 Å². The Morgan fingerprint density at radius 3 is 2.90 bits per heavy atom. The number of esters is 1. The van der Waals surface area contributed by atoms with E-state index in [1.54, 1.807) is 12.1 Å². The van der Waals surface area contributed by atoms with Crippen molar-refractivity contribution in [2.75, 3.05) is 11.9 Å². The maximum atomic E-state index is 12.2. The lowest BCUT2D eigenvalue weighted by atomic mass is 9.79. The van der Waals surface area contributed by atoms with E-state index < -0.39 is 0 Å². The van der Waals surface area contributed by atoms with E-state index >= 15 is 0 Å². The van der Waals surface area contributed by atoms with E-state index in [9.17, 15) is 4.79 Å². The molecule has 3 rings (SSSR count). The van der Waals surface area contributed by atoms with Crippen LogP contribution in [-0.2, 0) is 9.53 Å². The monoisotopic (exact) mass is 311 g/mol. The average molecular weight is 312 g/mol. The maximum Gasteiger partial charge on any atom is 0.328 e. The molecule has 0 saturated heterocycles. The highest BCUT2D eigenvalue weighted by Crippen LogP contribution is 2.49. The van der Waals surface area contributed by atoms with Crippen molar-refractivity contribution >= 4 is 34.9 Å². The molecule has 3 atom stereocenters. The van der Waals surface area contributed by atoms with Crippen LogP contribution in [0.1, 0.15) is 24.8 Å². The van der Waals surface area contributed by atoms with Crippen LogP contribution in [0.15, 0.2) is 24.3 Å². The predicted octanol–water partition coefficient (Wildman–Crippen LogP) is 4.01. The van der Waals surface area contributed by atoms with Crippen LogP contribution in [-0.4, -0.2) is 18.6 Å². The Kier molecular flexibility index (Phi) is 3.65. The number of allylic oxidation sites excluding steroid dienone is 2. The number of anilines is 1. The molecule has 0 bridgehead atoms. The number of ether oxygens (including phenoxy) is 1. The van der Waals surface area contributed by atoms with E-state index in [1.165, 1.54) is 0 Å². The normalized spacial score (nSPS) is 26.6. The van der Waals surface area contributed by atoms with Gasteiger partial charge in [0.05, 0.1) is 17.3 Å². The summed E-state index contributed by atoms with van der Waals surface area (Å²) in [6.07, 6.45) is 5.04. The van der Waals surface area contributed by atoms with Gasteiger partial charge < -0.3 is 10.1 Å². The van der Waals surface area contributed by atoms with Gasteiger partial charge in [0.25, 0.3) is 0 Å². The Hall–Kier alpha value is -1.19. The topological polar surface area (TPSA) is 38.3 Å². The molecule has 0 unspecified atom stereocenters. The Bertz CT molecular complexity index is 585. The van der Waals surface area contributed by atoms with Gasteiger partial charge in [-0.25, -0.2) is 4.79 Å². The first kappa shape index (κ1) is 13.8. The summed E-state index contributed by atoms with van der Waals surface area (Å²) in [6.45, 7) is 2.18. The lowest BCUT2D eigenvalue weighted by Crippen LogP contribution is -2.43. The Morgan fingerprint density at radius 1 is 1.40 bits per heavy atom. The van der Waals surface area contributed by atoms with Gasteiger partial charge in [0, 0.05) is 22.4 Å². The third kappa shape index (κ3) is 2.09. The van der Waals surface area contributed by atoms with Crippen LogP contribution in [0.4, 0.5) is 5.69 Å². The maximum absolute atomic E-state index is 12.2. The second-order valence-corrected chi connectivity index (χ2v) is 5.86. The summed E-state index contributed by atoms with van der Waals surface area (Å²) >= 11 is 12.6. The zero-order valence-electron chi connectivity index (χ0n) is 11.0. The lowest BCUT2D eigenvalue weighted by Gasteiger charge is -2.36. The molecule has 20 heavy (non-hydrogen) atoms. The molecule has 0 spiro atoms. The smallest absolute Gasteiger partial charge is 0.328 e. The van der Waals surface area contributed by atoms with E-state index in [0.717, 1.165) is 17.7 Å². The van der Waals surface area contributed by atoms with Crippen LogP contribution in [0.3, 0.4) is 0 Å². The first-order valence-electron chi connectivity index (χ1n) is 6.71. The van der Waals surface area contributed by atoms with Gasteiger partial charge in [-0.2, -0.15) is 0 Å². The van der Waals surface area contributed by atoms with Crippen molar-refractivity contribution < 1.29 is 9.53 Å². The van der Waals surface area contributed by atoms with Crippen LogP contribution < -0.4 is 5.32 Å². The molecule has 3 nitrogen and oxygen atoms in total. The van der Waals surface area contributed by atoms with Crippen molar-refractivity contribution in [3.63, 3.8) is 0 Å². The standard InChI is InChI=1S/C15H15Cl2NO2/c1-2-20-15(19)13-9-5-3-4-8(9)12-10(16)6-7-11(17)14(12)18-13/h3-4,6-9,13,18H,2,5H2,1H3/t8-,9+,13-/m1/s1. The molecule has 1 aliphatic heterocycles. The number of halogens is 2. The first-order valence-corrected chi connectivity index (χ1v) is 7.46. The summed E-state index contributed by atoms with van der Waals surface area (Å²) in [6, 6.07) is 3.17. The fourth-order valence-electron chi connectivity index (χ4n) is 3.09. The van der Waals surface area contributed by atoms with Gasteiger partial charge in [-0.1, -0.05) is 35.4 Å². The van der Waals surface area contributed by atoms with Crippen LogP contribution in [0.25, 0.3) is 0 Å². The van der Waals surface area contributed by atoms with E-state index in [1.807, 2.05) is 6.92 Å². The summed E-state index contributed by atoms with van der Waals surface area (Å²) in [5.74, 6) is 0.0252. The lowest BCUT2D eigenvalue weighted by molar-refractivity contribution is -0.145. The third-order valence-corrected chi connectivity index (χ3v) is 4.60. The molecule has 1 aromatic carbocycles. The van der Waals surface area contributed by atoms with E-state index in [-0.39, 0.29) is 23.8 Å². The van der Waals surface area contributed by atoms with Crippen molar-refractivity contribution in [3.05, 3.63) is 39.9 Å². The number of carbonyl (C=O) groups excluding carboxylic acids is 1. The minimum Gasteiger partial charge on any atom is -0.464 e. The number of rotatable bonds is 2. The molecule has 1 N–H and O–H groups in total. The Balaban J connectivity index is 2.05. The van der Waals surface area contributed by atoms with Crippen molar-refractivity contribution in [1.29, 1.82) is 0 Å². The van der Waals surface area contributed by atoms with Crippen molar-refractivity contribution in [2.24, 2.45) is 5.92 Å². The number of hydrogen-bond acceptors (Lipinski definition) is 3. The van der Waals surface area contributed by atoms with Crippen LogP contribution in [0.5, 0.6) is 0 Å². The fraction of sp³-hybridized carbons (Fsp3) is 0.400. The number of carbonyl (C=O) groups is 1. The molecule has 0 amide bonds. The van der Waals surface area contributed by atoms with Crippen LogP contribution in [0, 0.1) is 5.92 Å². The summed E-state index contributed by atoms with van der Waals surface area (Å²) in [5.41, 5.74) is 1.74. The van der Waals surface area contributed by atoms with Crippen LogP contribution >= 0.6 is 23.2 Å². The van der Waals surface area contributed by atoms with Gasteiger partial charge in [-0.05, 0) is 25.5 Å². The average Bonchev–Trinajstić information content (AvgIpc) is 2.91. The molecule has 5 heteroatoms. The van der Waals surface area contributed by atoms with Crippen molar-refractivity contribution in [3.8, 4) is 0 Å². The van der Waals surface area contributed by atoms with Gasteiger partial charge in [0.1, 0.15) is 6.04 Å². The van der Waals surface area contributed by atoms with E-state index in [0.29, 0.717) is 16.7 Å². The molecule has 2 aliphatic rings. The quantitative estimate of drug-likeness (QED) is 0.662. The molecule has 106 valence electrons. The second kappa shape index (κ2) is 5.30. The second-order valence-electron chi connectivity index (χ2n) is 5.05. The highest BCUT2D eigenvalue weighted by Gasteiger charge is 2.43. The minimum absolute atomic E-state index is 0.117. The number of nitrogens with one attached hydrogen (secondary N) is 1. The summed E-state index contributed by atoms with van der Waals surface area (Å²) in [4.78, 5) is 12.2. The zero-order chi connectivity index (χ0) is 14.3. The highest BCUT2D eigenvalue weighted by molar-refractivity contribution is 6.36. The van der Waals surface area contributed by atoms with Crippen LogP contribution in [0.2, 0.25) is 10.0 Å². The summed E-state index contributed by atoms with van der Waals surface area (Å²) in [5, 5.41) is 4.49. The SMILES string of the molecule is CCOC(=O)[C@@H]1Nc2c(Cl)ccc(Cl)c2[C@@H]2C=CC[C@H]12. The van der Waals surface area contributed by atoms with E-state index in [4.69, 9.17) is 27.9 Å². The molecule has 1 aromatic rings. The zero-order valence-corrected chi connectivity index (χ0v) is 12.5. The fourth-order valence-corrected chi connectivity index (χ4v) is 3.60. The molecule has 1 heterocycles. The third-order valence-electron chi connectivity index (χ3n) is 3.96. The molecule has 0 saturated carbocycles. The van der Waals surface area contributed by atoms with Crippen molar-refractivity contribution in [2.45, 2.75) is 25.3 Å². The van der Waals surface area contributed by atoms with Gasteiger partial charge in [-0.3, -0.25) is 0 Å². The number of benzene rings is 1. The highest BCUT2D eigenvalue weighted by atomic mass is 35.5. The largest absolute Gasteiger partial charge is 0.464 e. The number of fused-ring (bicyclic) bond motifs is 3. The first-order chi connectivity index (χ1) is 9.63. The molecule has 0 radical (unpaired) electrons. The van der Waals surface area contributed by atoms with Gasteiger partial charge in [0.15, 0.2) is 0 Å². The van der Waals surface area contributed by atoms with Gasteiger partial charge in [0.2, 0.25) is 0 Å². The summed E-state index contributed by atoms with van der Waals surface area (Å²) in [7, 11) is 0. The Morgan fingerprint density at radius 2 is 2.15 bits per heavy atom. The van der Waals surface area contributed by atoms with Crippen molar-refractivity contribution in [1.82, 2.24) is 0 Å². The molecule has 0 fully saturated rings. The van der Waals surface area contributed by atoms with Gasteiger partial charge in [-0.15, -0.1) is 0 Å². The predicted molar refractivity (Wildman–Crippen MR) is 80.5 cm³/mol. The molecular weight excluding hydrogens is 297 g/mol.